The Labute approximate surface area is 116 Å². The summed E-state index contributed by atoms with van der Waals surface area (Å²) in [5, 5.41) is 6.23. The van der Waals surface area contributed by atoms with Crippen LogP contribution in [-0.2, 0) is 9.53 Å². The van der Waals surface area contributed by atoms with E-state index >= 15 is 0 Å². The van der Waals surface area contributed by atoms with Crippen molar-refractivity contribution in [2.45, 2.75) is 6.42 Å². The van der Waals surface area contributed by atoms with Crippen LogP contribution in [0.4, 0.5) is 0 Å². The molecule has 1 aliphatic rings. The fraction of sp³-hybridized carbons (Fsp3) is 0.923. The second-order valence-corrected chi connectivity index (χ2v) is 5.15. The van der Waals surface area contributed by atoms with Crippen molar-refractivity contribution in [3.8, 4) is 0 Å². The highest BCUT2D eigenvalue weighted by Crippen LogP contribution is 1.94. The van der Waals surface area contributed by atoms with Gasteiger partial charge in [-0.1, -0.05) is 0 Å². The molecule has 6 heteroatoms. The minimum atomic E-state index is 0.0955. The molecule has 0 unspecified atom stereocenters. The van der Waals surface area contributed by atoms with Gasteiger partial charge < -0.3 is 20.3 Å². The van der Waals surface area contributed by atoms with Crippen LogP contribution in [0.2, 0.25) is 0 Å². The van der Waals surface area contributed by atoms with Gasteiger partial charge in [-0.2, -0.15) is 0 Å². The van der Waals surface area contributed by atoms with Crippen molar-refractivity contribution in [1.29, 1.82) is 0 Å². The van der Waals surface area contributed by atoms with Crippen LogP contribution in [-0.4, -0.2) is 88.8 Å². The summed E-state index contributed by atoms with van der Waals surface area (Å²) >= 11 is 0. The minimum absolute atomic E-state index is 0.0955. The van der Waals surface area contributed by atoms with Crippen LogP contribution in [0.5, 0.6) is 0 Å². The van der Waals surface area contributed by atoms with E-state index in [9.17, 15) is 4.79 Å². The summed E-state index contributed by atoms with van der Waals surface area (Å²) in [4.78, 5) is 16.0. The zero-order valence-corrected chi connectivity index (χ0v) is 12.3. The highest BCUT2D eigenvalue weighted by molar-refractivity contribution is 5.77. The van der Waals surface area contributed by atoms with Crippen molar-refractivity contribution in [1.82, 2.24) is 20.4 Å². The number of nitrogens with zero attached hydrogens (tertiary/aromatic N) is 2. The number of ether oxygens (including phenoxy) is 1. The Morgan fingerprint density at radius 2 is 2.16 bits per heavy atom. The van der Waals surface area contributed by atoms with E-state index in [1.165, 1.54) is 0 Å². The summed E-state index contributed by atoms with van der Waals surface area (Å²) in [6.45, 7) is 7.28. The van der Waals surface area contributed by atoms with Gasteiger partial charge in [0.1, 0.15) is 0 Å². The van der Waals surface area contributed by atoms with Crippen LogP contribution < -0.4 is 10.6 Å². The maximum atomic E-state index is 11.7. The van der Waals surface area contributed by atoms with Crippen molar-refractivity contribution in [3.63, 3.8) is 0 Å². The quantitative estimate of drug-likeness (QED) is 0.554. The van der Waals surface area contributed by atoms with Crippen molar-refractivity contribution in [2.24, 2.45) is 0 Å². The molecule has 0 aromatic rings. The Kier molecular flexibility index (Phi) is 8.73. The van der Waals surface area contributed by atoms with Crippen LogP contribution in [0.25, 0.3) is 0 Å². The third-order valence-corrected chi connectivity index (χ3v) is 3.05. The van der Waals surface area contributed by atoms with Crippen LogP contribution >= 0.6 is 0 Å². The molecule has 1 amide bonds. The highest BCUT2D eigenvalue weighted by Gasteiger charge is 2.11. The van der Waals surface area contributed by atoms with Gasteiger partial charge in [0, 0.05) is 26.2 Å². The van der Waals surface area contributed by atoms with Crippen LogP contribution in [0.3, 0.4) is 0 Å². The molecule has 0 atom stereocenters. The molecule has 19 heavy (non-hydrogen) atoms. The van der Waals surface area contributed by atoms with Crippen molar-refractivity contribution >= 4 is 5.91 Å². The lowest BCUT2D eigenvalue weighted by Crippen LogP contribution is -2.40. The summed E-state index contributed by atoms with van der Waals surface area (Å²) in [6.07, 6.45) is 1.11. The maximum absolute atomic E-state index is 11.7. The lowest BCUT2D eigenvalue weighted by atomic mass is 10.4. The van der Waals surface area contributed by atoms with E-state index in [0.717, 1.165) is 39.1 Å². The molecular weight excluding hydrogens is 244 g/mol. The van der Waals surface area contributed by atoms with Crippen LogP contribution in [0.15, 0.2) is 0 Å². The first-order chi connectivity index (χ1) is 9.18. The van der Waals surface area contributed by atoms with E-state index in [-0.39, 0.29) is 5.91 Å². The van der Waals surface area contributed by atoms with Gasteiger partial charge in [0.15, 0.2) is 0 Å². The van der Waals surface area contributed by atoms with E-state index in [2.05, 4.69) is 20.4 Å². The first-order valence-corrected chi connectivity index (χ1v) is 7.11. The maximum Gasteiger partial charge on any atom is 0.234 e. The first-order valence-electron chi connectivity index (χ1n) is 7.11. The van der Waals surface area contributed by atoms with E-state index in [0.29, 0.717) is 26.3 Å². The van der Waals surface area contributed by atoms with Crippen molar-refractivity contribution in [3.05, 3.63) is 0 Å². The van der Waals surface area contributed by atoms with Gasteiger partial charge in [0.05, 0.1) is 19.8 Å². The zero-order valence-electron chi connectivity index (χ0n) is 12.3. The Morgan fingerprint density at radius 1 is 1.32 bits per heavy atom. The second kappa shape index (κ2) is 10.1. The molecule has 1 aliphatic heterocycles. The van der Waals surface area contributed by atoms with Gasteiger partial charge in [-0.05, 0) is 33.6 Å². The van der Waals surface area contributed by atoms with Gasteiger partial charge in [-0.25, -0.2) is 0 Å². The third-order valence-electron chi connectivity index (χ3n) is 3.05. The molecule has 6 nitrogen and oxygen atoms in total. The topological polar surface area (TPSA) is 56.8 Å². The SMILES string of the molecule is CN(C)CCOCCNC(=O)CN1CCCNCC1. The number of amides is 1. The number of hydrogen-bond donors (Lipinski definition) is 2. The smallest absolute Gasteiger partial charge is 0.234 e. The fourth-order valence-electron chi connectivity index (χ4n) is 1.93. The monoisotopic (exact) mass is 272 g/mol. The Morgan fingerprint density at radius 3 is 2.95 bits per heavy atom. The molecule has 1 heterocycles. The summed E-state index contributed by atoms with van der Waals surface area (Å²) in [5.41, 5.74) is 0. The predicted octanol–water partition coefficient (Wildman–Crippen LogP) is -1.02. The highest BCUT2D eigenvalue weighted by atomic mass is 16.5. The average Bonchev–Trinajstić information content (AvgIpc) is 2.62. The largest absolute Gasteiger partial charge is 0.378 e. The molecule has 0 aromatic carbocycles. The Bertz CT molecular complexity index is 241. The molecule has 112 valence electrons. The number of rotatable bonds is 8. The van der Waals surface area contributed by atoms with Crippen LogP contribution in [0.1, 0.15) is 6.42 Å². The molecule has 0 bridgehead atoms. The third kappa shape index (κ3) is 8.93. The summed E-state index contributed by atoms with van der Waals surface area (Å²) < 4.78 is 5.42. The van der Waals surface area contributed by atoms with Gasteiger partial charge >= 0.3 is 0 Å². The van der Waals surface area contributed by atoms with Gasteiger partial charge in [0.2, 0.25) is 5.91 Å². The molecule has 0 saturated carbocycles. The lowest BCUT2D eigenvalue weighted by molar-refractivity contribution is -0.122. The Balaban J connectivity index is 1.98. The number of likely N-dealkylation sites (N-methyl/N-ethyl adjacent to an activating group) is 1. The summed E-state index contributed by atoms with van der Waals surface area (Å²) in [6, 6.07) is 0. The van der Waals surface area contributed by atoms with Crippen LogP contribution in [0, 0.1) is 0 Å². The predicted molar refractivity (Wildman–Crippen MR) is 76.3 cm³/mol. The molecular formula is C13H28N4O2. The first kappa shape index (κ1) is 16.4. The fourth-order valence-corrected chi connectivity index (χ4v) is 1.93. The zero-order chi connectivity index (χ0) is 13.9. The molecule has 1 saturated heterocycles. The van der Waals surface area contributed by atoms with E-state index in [1.54, 1.807) is 0 Å². The molecule has 1 fully saturated rings. The summed E-state index contributed by atoms with van der Waals surface area (Å²) in [5.74, 6) is 0.0955. The van der Waals surface area contributed by atoms with Gasteiger partial charge in [-0.15, -0.1) is 0 Å². The van der Waals surface area contributed by atoms with Gasteiger partial charge in [0.25, 0.3) is 0 Å². The average molecular weight is 272 g/mol. The molecule has 0 aromatic heterocycles. The normalized spacial score (nSPS) is 17.4. The lowest BCUT2D eigenvalue weighted by Gasteiger charge is -2.18. The van der Waals surface area contributed by atoms with Gasteiger partial charge in [-0.3, -0.25) is 9.69 Å². The van der Waals surface area contributed by atoms with E-state index in [4.69, 9.17) is 4.74 Å². The van der Waals surface area contributed by atoms with Crippen molar-refractivity contribution < 1.29 is 9.53 Å². The molecule has 2 N–H and O–H groups in total. The van der Waals surface area contributed by atoms with E-state index in [1.807, 2.05) is 14.1 Å². The molecule has 1 rings (SSSR count). The number of carbonyl (C=O) groups excluding carboxylic acids is 1. The summed E-state index contributed by atoms with van der Waals surface area (Å²) in [7, 11) is 4.03. The Hall–Kier alpha value is -0.690. The van der Waals surface area contributed by atoms with Crippen molar-refractivity contribution in [2.75, 3.05) is 73.1 Å². The number of nitrogens with one attached hydrogen (secondary N) is 2. The number of carbonyl (C=O) groups is 1. The molecule has 0 spiro atoms. The molecule has 0 radical (unpaired) electrons. The number of hydrogen-bond acceptors (Lipinski definition) is 5. The standard InChI is InChI=1S/C13H28N4O2/c1-16(2)9-11-19-10-6-15-13(18)12-17-7-3-4-14-5-8-17/h14H,3-12H2,1-2H3,(H,15,18). The molecule has 0 aliphatic carbocycles. The minimum Gasteiger partial charge on any atom is -0.378 e. The van der Waals surface area contributed by atoms with E-state index < -0.39 is 0 Å². The second-order valence-electron chi connectivity index (χ2n) is 5.15.